The molecule has 0 aromatic heterocycles. The summed E-state index contributed by atoms with van der Waals surface area (Å²) in [5, 5.41) is 9.13. The Bertz CT molecular complexity index is 614. The summed E-state index contributed by atoms with van der Waals surface area (Å²) in [6.45, 7) is 1.82. The zero-order chi connectivity index (χ0) is 15.6. The van der Waals surface area contributed by atoms with Gasteiger partial charge in [0.05, 0.1) is 24.2 Å². The third-order valence-electron chi connectivity index (χ3n) is 3.40. The van der Waals surface area contributed by atoms with Gasteiger partial charge in [-0.15, -0.1) is 0 Å². The van der Waals surface area contributed by atoms with Crippen molar-refractivity contribution >= 4 is 15.9 Å². The van der Waals surface area contributed by atoms with Gasteiger partial charge in [0.1, 0.15) is 0 Å². The minimum absolute atomic E-state index is 0.0814. The number of rotatable bonds is 4. The maximum Gasteiger partial charge on any atom is 0.248 e. The summed E-state index contributed by atoms with van der Waals surface area (Å²) in [5.74, 6) is -0.612. The Hall–Kier alpha value is -1.48. The first kappa shape index (κ1) is 15.9. The molecule has 0 radical (unpaired) electrons. The van der Waals surface area contributed by atoms with Crippen LogP contribution in [-0.4, -0.2) is 55.6 Å². The number of primary amides is 1. The molecule has 1 aliphatic rings. The summed E-state index contributed by atoms with van der Waals surface area (Å²) in [6.07, 6.45) is -0.527. The average Bonchev–Trinajstić information content (AvgIpc) is 2.47. The highest BCUT2D eigenvalue weighted by atomic mass is 32.2. The molecule has 21 heavy (non-hydrogen) atoms. The first-order valence-electron chi connectivity index (χ1n) is 6.50. The van der Waals surface area contributed by atoms with E-state index in [9.17, 15) is 13.2 Å². The highest BCUT2D eigenvalue weighted by Crippen LogP contribution is 2.22. The van der Waals surface area contributed by atoms with Crippen molar-refractivity contribution in [1.29, 1.82) is 0 Å². The Morgan fingerprint density at radius 3 is 2.57 bits per heavy atom. The van der Waals surface area contributed by atoms with E-state index in [4.69, 9.17) is 15.6 Å². The van der Waals surface area contributed by atoms with E-state index in [0.717, 1.165) is 0 Å². The summed E-state index contributed by atoms with van der Waals surface area (Å²) in [4.78, 5) is 11.1. The number of hydrogen-bond acceptors (Lipinski definition) is 5. The van der Waals surface area contributed by atoms with Gasteiger partial charge in [0.25, 0.3) is 0 Å². The molecule has 1 aliphatic heterocycles. The van der Waals surface area contributed by atoms with Crippen LogP contribution in [0.25, 0.3) is 0 Å². The zero-order valence-corrected chi connectivity index (χ0v) is 12.4. The van der Waals surface area contributed by atoms with Crippen LogP contribution < -0.4 is 5.73 Å². The van der Waals surface area contributed by atoms with E-state index in [1.165, 1.54) is 28.6 Å². The molecule has 1 fully saturated rings. The first-order valence-corrected chi connectivity index (χ1v) is 7.94. The van der Waals surface area contributed by atoms with Gasteiger partial charge in [0.15, 0.2) is 0 Å². The molecule has 1 saturated heterocycles. The SMILES string of the molecule is CC1COC(CO)CN1S(=O)(=O)c1ccc(C(N)=O)cc1. The van der Waals surface area contributed by atoms with Crippen LogP contribution in [0, 0.1) is 0 Å². The Balaban J connectivity index is 2.29. The number of amides is 1. The van der Waals surface area contributed by atoms with Gasteiger partial charge in [-0.25, -0.2) is 8.42 Å². The molecule has 3 N–H and O–H groups in total. The van der Waals surface area contributed by atoms with E-state index in [1.54, 1.807) is 6.92 Å². The maximum atomic E-state index is 12.6. The predicted molar refractivity (Wildman–Crippen MR) is 75.1 cm³/mol. The minimum Gasteiger partial charge on any atom is -0.394 e. The number of morpholine rings is 1. The van der Waals surface area contributed by atoms with Gasteiger partial charge < -0.3 is 15.6 Å². The van der Waals surface area contributed by atoms with Gasteiger partial charge in [-0.3, -0.25) is 4.79 Å². The van der Waals surface area contributed by atoms with Crippen LogP contribution in [0.4, 0.5) is 0 Å². The second-order valence-electron chi connectivity index (χ2n) is 4.95. The topological polar surface area (TPSA) is 110 Å². The van der Waals surface area contributed by atoms with Gasteiger partial charge >= 0.3 is 0 Å². The number of nitrogens with zero attached hydrogens (tertiary/aromatic N) is 1. The average molecular weight is 314 g/mol. The largest absolute Gasteiger partial charge is 0.394 e. The molecule has 116 valence electrons. The van der Waals surface area contributed by atoms with E-state index in [2.05, 4.69) is 0 Å². The Morgan fingerprint density at radius 2 is 2.05 bits per heavy atom. The number of carbonyl (C=O) groups excluding carboxylic acids is 1. The highest BCUT2D eigenvalue weighted by molar-refractivity contribution is 7.89. The molecule has 1 aromatic rings. The summed E-state index contributed by atoms with van der Waals surface area (Å²) >= 11 is 0. The first-order chi connectivity index (χ1) is 9.86. The van der Waals surface area contributed by atoms with Crippen molar-refractivity contribution in [1.82, 2.24) is 4.31 Å². The van der Waals surface area contributed by atoms with Crippen molar-refractivity contribution in [3.63, 3.8) is 0 Å². The standard InChI is InChI=1S/C13H18N2O5S/c1-9-8-20-11(7-16)6-15(9)21(18,19)12-4-2-10(3-5-12)13(14)17/h2-5,9,11,16H,6-8H2,1H3,(H2,14,17). The third-order valence-corrected chi connectivity index (χ3v) is 5.39. The molecule has 1 amide bonds. The second kappa shape index (κ2) is 6.10. The van der Waals surface area contributed by atoms with Gasteiger partial charge in [0, 0.05) is 18.2 Å². The van der Waals surface area contributed by atoms with Crippen LogP contribution in [0.5, 0.6) is 0 Å². The number of ether oxygens (including phenoxy) is 1. The molecule has 0 bridgehead atoms. The third kappa shape index (κ3) is 3.24. The highest BCUT2D eigenvalue weighted by Gasteiger charge is 2.35. The zero-order valence-electron chi connectivity index (χ0n) is 11.6. The Kier molecular flexibility index (Phi) is 4.62. The monoisotopic (exact) mass is 314 g/mol. The molecule has 0 aliphatic carbocycles. The fourth-order valence-electron chi connectivity index (χ4n) is 2.16. The van der Waals surface area contributed by atoms with Crippen molar-refractivity contribution in [2.45, 2.75) is 24.0 Å². The molecule has 2 rings (SSSR count). The minimum atomic E-state index is -3.71. The van der Waals surface area contributed by atoms with Crippen molar-refractivity contribution in [2.75, 3.05) is 19.8 Å². The lowest BCUT2D eigenvalue weighted by Crippen LogP contribution is -2.51. The molecular weight excluding hydrogens is 296 g/mol. The van der Waals surface area contributed by atoms with Crippen molar-refractivity contribution < 1.29 is 23.1 Å². The lowest BCUT2D eigenvalue weighted by atomic mass is 10.2. The van der Waals surface area contributed by atoms with Crippen molar-refractivity contribution in [3.8, 4) is 0 Å². The molecule has 8 heteroatoms. The molecule has 0 spiro atoms. The predicted octanol–water partition coefficient (Wildman–Crippen LogP) is -0.444. The lowest BCUT2D eigenvalue weighted by Gasteiger charge is -2.36. The molecule has 7 nitrogen and oxygen atoms in total. The number of nitrogens with two attached hydrogens (primary N) is 1. The number of aliphatic hydroxyl groups is 1. The maximum absolute atomic E-state index is 12.6. The van der Waals surface area contributed by atoms with E-state index in [1.807, 2.05) is 0 Å². The van der Waals surface area contributed by atoms with Gasteiger partial charge in [-0.2, -0.15) is 4.31 Å². The Morgan fingerprint density at radius 1 is 1.43 bits per heavy atom. The lowest BCUT2D eigenvalue weighted by molar-refractivity contribution is -0.0516. The van der Waals surface area contributed by atoms with Crippen molar-refractivity contribution in [2.24, 2.45) is 5.73 Å². The summed E-state index contributed by atoms with van der Waals surface area (Å²) in [5.41, 5.74) is 5.38. The van der Waals surface area contributed by atoms with Crippen LogP contribution in [0.2, 0.25) is 0 Å². The number of benzene rings is 1. The molecule has 0 saturated carbocycles. The van der Waals surface area contributed by atoms with Gasteiger partial charge in [-0.05, 0) is 31.2 Å². The fourth-order valence-corrected chi connectivity index (χ4v) is 3.81. The normalized spacial score (nSPS) is 23.9. The van der Waals surface area contributed by atoms with Gasteiger partial charge in [-0.1, -0.05) is 0 Å². The van der Waals surface area contributed by atoms with Crippen LogP contribution in [0.15, 0.2) is 29.2 Å². The second-order valence-corrected chi connectivity index (χ2v) is 6.84. The van der Waals surface area contributed by atoms with Crippen LogP contribution in [0.1, 0.15) is 17.3 Å². The molecule has 2 unspecified atom stereocenters. The van der Waals surface area contributed by atoms with E-state index < -0.39 is 22.0 Å². The smallest absolute Gasteiger partial charge is 0.248 e. The Labute approximate surface area is 123 Å². The molecule has 1 aromatic carbocycles. The summed E-state index contributed by atoms with van der Waals surface area (Å²) in [7, 11) is -3.71. The molecular formula is C13H18N2O5S. The van der Waals surface area contributed by atoms with Crippen LogP contribution in [0.3, 0.4) is 0 Å². The van der Waals surface area contributed by atoms with Gasteiger partial charge in [0.2, 0.25) is 15.9 Å². The van der Waals surface area contributed by atoms with E-state index >= 15 is 0 Å². The number of aliphatic hydroxyl groups excluding tert-OH is 1. The quantitative estimate of drug-likeness (QED) is 0.782. The number of carbonyl (C=O) groups is 1. The number of hydrogen-bond donors (Lipinski definition) is 2. The van der Waals surface area contributed by atoms with E-state index in [-0.39, 0.29) is 36.3 Å². The fraction of sp³-hybridized carbons (Fsp3) is 0.462. The summed E-state index contributed by atoms with van der Waals surface area (Å²) < 4.78 is 31.9. The van der Waals surface area contributed by atoms with Crippen LogP contribution in [-0.2, 0) is 14.8 Å². The number of sulfonamides is 1. The molecule has 2 atom stereocenters. The van der Waals surface area contributed by atoms with E-state index in [0.29, 0.717) is 0 Å². The van der Waals surface area contributed by atoms with Crippen LogP contribution >= 0.6 is 0 Å². The molecule has 1 heterocycles. The van der Waals surface area contributed by atoms with Crippen molar-refractivity contribution in [3.05, 3.63) is 29.8 Å². The summed E-state index contributed by atoms with van der Waals surface area (Å²) in [6, 6.07) is 5.14.